The second-order valence-corrected chi connectivity index (χ2v) is 8.26. The molecule has 0 radical (unpaired) electrons. The summed E-state index contributed by atoms with van der Waals surface area (Å²) in [6.45, 7) is 10.4. The number of thioether (sulfide) groups is 1. The van der Waals surface area contributed by atoms with Gasteiger partial charge in [0.1, 0.15) is 0 Å². The van der Waals surface area contributed by atoms with Crippen molar-refractivity contribution in [2.45, 2.75) is 46.1 Å². The molecule has 4 heteroatoms. The van der Waals surface area contributed by atoms with Crippen molar-refractivity contribution in [3.05, 3.63) is 64.2 Å². The van der Waals surface area contributed by atoms with Gasteiger partial charge in [0.05, 0.1) is 10.5 Å². The zero-order valence-corrected chi connectivity index (χ0v) is 17.5. The Morgan fingerprint density at radius 1 is 1.00 bits per heavy atom. The van der Waals surface area contributed by atoms with E-state index in [0.717, 1.165) is 21.8 Å². The number of aryl methyl sites for hydroxylation is 4. The van der Waals surface area contributed by atoms with E-state index in [9.17, 15) is 4.79 Å². The Morgan fingerprint density at radius 2 is 1.78 bits per heavy atom. The molecule has 27 heavy (non-hydrogen) atoms. The number of fused-ring (bicyclic) bond motifs is 1. The van der Waals surface area contributed by atoms with Crippen molar-refractivity contribution in [2.75, 3.05) is 11.1 Å². The SMILES string of the molecule is Cc1cc(C)c2nc(SCCC(=O)Nc3cccc(C)c3C)cc(C)c2c1. The van der Waals surface area contributed by atoms with Crippen LogP contribution in [-0.4, -0.2) is 16.6 Å². The van der Waals surface area contributed by atoms with Crippen LogP contribution < -0.4 is 5.32 Å². The topological polar surface area (TPSA) is 42.0 Å². The van der Waals surface area contributed by atoms with Gasteiger partial charge >= 0.3 is 0 Å². The normalized spacial score (nSPS) is 11.0. The van der Waals surface area contributed by atoms with Gasteiger partial charge in [-0.15, -0.1) is 11.8 Å². The average Bonchev–Trinajstić information content (AvgIpc) is 2.60. The standard InChI is InChI=1S/C23H26N2OS/c1-14-11-17(4)23-19(12-14)16(3)13-22(25-23)27-10-9-21(26)24-20-8-6-7-15(2)18(20)5/h6-8,11-13H,9-10H2,1-5H3,(H,24,26). The molecule has 0 aliphatic rings. The average molecular weight is 379 g/mol. The number of amides is 1. The van der Waals surface area contributed by atoms with Gasteiger partial charge in [-0.2, -0.15) is 0 Å². The van der Waals surface area contributed by atoms with E-state index >= 15 is 0 Å². The van der Waals surface area contributed by atoms with Gasteiger partial charge in [0.2, 0.25) is 5.91 Å². The Hall–Kier alpha value is -2.33. The number of nitrogens with one attached hydrogen (secondary N) is 1. The Morgan fingerprint density at radius 3 is 2.56 bits per heavy atom. The molecule has 0 fully saturated rings. The van der Waals surface area contributed by atoms with E-state index in [0.29, 0.717) is 12.2 Å². The molecule has 0 atom stereocenters. The molecule has 3 nitrogen and oxygen atoms in total. The minimum atomic E-state index is 0.0421. The van der Waals surface area contributed by atoms with E-state index in [1.54, 1.807) is 11.8 Å². The Kier molecular flexibility index (Phi) is 5.85. The summed E-state index contributed by atoms with van der Waals surface area (Å²) in [6, 6.07) is 12.5. The molecule has 1 aromatic heterocycles. The first-order valence-corrected chi connectivity index (χ1v) is 10.2. The molecule has 1 amide bonds. The molecule has 3 rings (SSSR count). The molecular formula is C23H26N2OS. The summed E-state index contributed by atoms with van der Waals surface area (Å²) in [7, 11) is 0. The molecule has 1 heterocycles. The summed E-state index contributed by atoms with van der Waals surface area (Å²) in [6.07, 6.45) is 0.462. The zero-order chi connectivity index (χ0) is 19.6. The maximum atomic E-state index is 12.3. The molecule has 3 aromatic rings. The molecule has 0 aliphatic heterocycles. The molecule has 140 valence electrons. The van der Waals surface area contributed by atoms with Crippen LogP contribution in [0.15, 0.2) is 41.4 Å². The smallest absolute Gasteiger partial charge is 0.225 e. The quantitative estimate of drug-likeness (QED) is 0.562. The number of aromatic nitrogens is 1. The van der Waals surface area contributed by atoms with E-state index < -0.39 is 0 Å². The number of benzene rings is 2. The minimum absolute atomic E-state index is 0.0421. The fourth-order valence-electron chi connectivity index (χ4n) is 3.24. The predicted molar refractivity (Wildman–Crippen MR) is 116 cm³/mol. The number of hydrogen-bond donors (Lipinski definition) is 1. The lowest BCUT2D eigenvalue weighted by Crippen LogP contribution is -2.13. The third-order valence-electron chi connectivity index (χ3n) is 4.89. The molecule has 0 saturated carbocycles. The van der Waals surface area contributed by atoms with E-state index in [4.69, 9.17) is 4.98 Å². The number of pyridine rings is 1. The Balaban J connectivity index is 1.65. The van der Waals surface area contributed by atoms with Gasteiger partial charge in [-0.05, 0) is 75.1 Å². The summed E-state index contributed by atoms with van der Waals surface area (Å²) in [5.41, 5.74) is 7.95. The minimum Gasteiger partial charge on any atom is -0.326 e. The predicted octanol–water partition coefficient (Wildman–Crippen LogP) is 5.90. The zero-order valence-electron chi connectivity index (χ0n) is 16.6. The van der Waals surface area contributed by atoms with E-state index in [-0.39, 0.29) is 5.91 Å². The summed E-state index contributed by atoms with van der Waals surface area (Å²) in [5, 5.41) is 5.21. The van der Waals surface area contributed by atoms with Crippen LogP contribution in [0.3, 0.4) is 0 Å². The highest BCUT2D eigenvalue weighted by Gasteiger charge is 2.09. The Labute approximate surface area is 165 Å². The molecule has 1 N–H and O–H groups in total. The lowest BCUT2D eigenvalue weighted by molar-refractivity contribution is -0.115. The monoisotopic (exact) mass is 378 g/mol. The third kappa shape index (κ3) is 4.51. The first-order valence-electron chi connectivity index (χ1n) is 9.22. The largest absolute Gasteiger partial charge is 0.326 e. The fraction of sp³-hybridized carbons (Fsp3) is 0.304. The highest BCUT2D eigenvalue weighted by molar-refractivity contribution is 7.99. The fourth-order valence-corrected chi connectivity index (χ4v) is 4.15. The molecule has 0 aliphatic carbocycles. The number of nitrogens with zero attached hydrogens (tertiary/aromatic N) is 1. The second-order valence-electron chi connectivity index (χ2n) is 7.15. The number of anilines is 1. The van der Waals surface area contributed by atoms with Crippen LogP contribution >= 0.6 is 11.8 Å². The van der Waals surface area contributed by atoms with Gasteiger partial charge < -0.3 is 5.32 Å². The van der Waals surface area contributed by atoms with Crippen molar-refractivity contribution in [1.29, 1.82) is 0 Å². The van der Waals surface area contributed by atoms with Crippen molar-refractivity contribution in [3.63, 3.8) is 0 Å². The summed E-state index contributed by atoms with van der Waals surface area (Å²) in [4.78, 5) is 17.1. The number of carbonyl (C=O) groups is 1. The van der Waals surface area contributed by atoms with Crippen molar-refractivity contribution in [2.24, 2.45) is 0 Å². The Bertz CT molecular complexity index is 1010. The third-order valence-corrected chi connectivity index (χ3v) is 5.80. The van der Waals surface area contributed by atoms with Crippen LogP contribution in [0.2, 0.25) is 0 Å². The summed E-state index contributed by atoms with van der Waals surface area (Å²) < 4.78 is 0. The molecule has 0 saturated heterocycles. The maximum absolute atomic E-state index is 12.3. The number of carbonyl (C=O) groups excluding carboxylic acids is 1. The first-order chi connectivity index (χ1) is 12.8. The van der Waals surface area contributed by atoms with Crippen molar-refractivity contribution in [3.8, 4) is 0 Å². The molecule has 0 bridgehead atoms. The van der Waals surface area contributed by atoms with Crippen LogP contribution in [-0.2, 0) is 4.79 Å². The van der Waals surface area contributed by atoms with E-state index in [1.807, 2.05) is 19.1 Å². The molecule has 0 spiro atoms. The van der Waals surface area contributed by atoms with Crippen molar-refractivity contribution >= 4 is 34.3 Å². The maximum Gasteiger partial charge on any atom is 0.225 e. The second kappa shape index (κ2) is 8.13. The van der Waals surface area contributed by atoms with E-state index in [2.05, 4.69) is 57.3 Å². The molecule has 2 aromatic carbocycles. The highest BCUT2D eigenvalue weighted by atomic mass is 32.2. The van der Waals surface area contributed by atoms with Crippen molar-refractivity contribution < 1.29 is 4.79 Å². The number of rotatable bonds is 5. The van der Waals surface area contributed by atoms with Gasteiger partial charge in [-0.1, -0.05) is 23.8 Å². The highest BCUT2D eigenvalue weighted by Crippen LogP contribution is 2.27. The van der Waals surface area contributed by atoms with Gasteiger partial charge in [0, 0.05) is 23.2 Å². The molecular weight excluding hydrogens is 352 g/mol. The van der Waals surface area contributed by atoms with Gasteiger partial charge in [-0.25, -0.2) is 4.98 Å². The van der Waals surface area contributed by atoms with Gasteiger partial charge in [0.15, 0.2) is 0 Å². The van der Waals surface area contributed by atoms with Gasteiger partial charge in [0.25, 0.3) is 0 Å². The van der Waals surface area contributed by atoms with Crippen LogP contribution in [0.1, 0.15) is 34.2 Å². The number of hydrogen-bond acceptors (Lipinski definition) is 3. The van der Waals surface area contributed by atoms with Crippen molar-refractivity contribution in [1.82, 2.24) is 4.98 Å². The van der Waals surface area contributed by atoms with Crippen LogP contribution in [0.4, 0.5) is 5.69 Å². The van der Waals surface area contributed by atoms with Crippen LogP contribution in [0.25, 0.3) is 10.9 Å². The van der Waals surface area contributed by atoms with E-state index in [1.165, 1.54) is 27.6 Å². The lowest BCUT2D eigenvalue weighted by Gasteiger charge is -2.11. The first kappa shape index (κ1) is 19.4. The summed E-state index contributed by atoms with van der Waals surface area (Å²) in [5.74, 6) is 0.750. The van der Waals surface area contributed by atoms with Gasteiger partial charge in [-0.3, -0.25) is 4.79 Å². The lowest BCUT2D eigenvalue weighted by atomic mass is 10.0. The van der Waals surface area contributed by atoms with Crippen LogP contribution in [0, 0.1) is 34.6 Å². The summed E-state index contributed by atoms with van der Waals surface area (Å²) >= 11 is 1.64. The van der Waals surface area contributed by atoms with Crippen LogP contribution in [0.5, 0.6) is 0 Å². The molecule has 0 unspecified atom stereocenters.